The molecule has 0 unspecified atom stereocenters. The van der Waals surface area contributed by atoms with E-state index in [1.54, 1.807) is 26.0 Å². The van der Waals surface area contributed by atoms with E-state index in [1.165, 1.54) is 22.9 Å². The van der Waals surface area contributed by atoms with Crippen molar-refractivity contribution in [3.05, 3.63) is 108 Å². The lowest BCUT2D eigenvalue weighted by molar-refractivity contribution is 0.102. The van der Waals surface area contributed by atoms with Gasteiger partial charge < -0.3 is 15.2 Å². The van der Waals surface area contributed by atoms with Gasteiger partial charge in [0.05, 0.1) is 28.7 Å². The number of carbonyl (C=O) groups is 1. The highest BCUT2D eigenvalue weighted by molar-refractivity contribution is 6.05. The summed E-state index contributed by atoms with van der Waals surface area (Å²) in [5.74, 6) is -1.38. The quantitative estimate of drug-likeness (QED) is 0.321. The number of amides is 1. The van der Waals surface area contributed by atoms with Crippen LogP contribution in [0.5, 0.6) is 0 Å². The van der Waals surface area contributed by atoms with Gasteiger partial charge in [0, 0.05) is 57.0 Å². The summed E-state index contributed by atoms with van der Waals surface area (Å²) in [6.45, 7) is 0.250. The van der Waals surface area contributed by atoms with Crippen molar-refractivity contribution in [2.75, 3.05) is 10.6 Å². The number of rotatable bonds is 6. The van der Waals surface area contributed by atoms with Crippen LogP contribution in [0.1, 0.15) is 43.6 Å². The highest BCUT2D eigenvalue weighted by atomic mass is 16.1. The topological polar surface area (TPSA) is 97.6 Å². The summed E-state index contributed by atoms with van der Waals surface area (Å²) < 4.78 is 99.6. The largest absolute Gasteiger partial charge is 0.324 e. The van der Waals surface area contributed by atoms with Crippen LogP contribution in [0, 0.1) is 20.7 Å². The van der Waals surface area contributed by atoms with Crippen LogP contribution in [0.25, 0.3) is 16.9 Å². The van der Waals surface area contributed by atoms with Gasteiger partial charge >= 0.3 is 0 Å². The molecule has 0 aliphatic rings. The SMILES string of the molecule is [2H]c1nc([2H])c(-c2ccnc(Nc3c([2H])c(C(=O)Nc4cc(C)cc(-n5c([2H])nc(C)c5[2H])c4)c([2H])c([2H])c3C([2H])([2H])[2H])n2)c([2H])c1[2H]. The van der Waals surface area contributed by atoms with Crippen LogP contribution in [-0.2, 0) is 0 Å². The summed E-state index contributed by atoms with van der Waals surface area (Å²) in [5, 5.41) is 5.14. The van der Waals surface area contributed by atoms with Gasteiger partial charge in [-0.1, -0.05) is 6.04 Å². The number of hydrogen-bond donors (Lipinski definition) is 2. The molecule has 0 radical (unpaired) electrons. The maximum atomic E-state index is 13.6. The third-order valence-electron chi connectivity index (χ3n) is 4.82. The Morgan fingerprint density at radius 1 is 1.14 bits per heavy atom. The molecule has 0 saturated carbocycles. The Bertz CT molecular complexity index is 2130. The molecule has 0 aliphatic carbocycles. The molecule has 8 heteroatoms. The number of aromatic nitrogens is 5. The predicted octanol–water partition coefficient (Wildman–Crippen LogP) is 5.65. The number of nitrogens with zero attached hydrogens (tertiary/aromatic N) is 5. The van der Waals surface area contributed by atoms with Crippen molar-refractivity contribution < 1.29 is 21.2 Å². The van der Waals surface area contributed by atoms with Gasteiger partial charge in [0.2, 0.25) is 5.95 Å². The third-order valence-corrected chi connectivity index (χ3v) is 4.82. The van der Waals surface area contributed by atoms with Crippen LogP contribution in [0.3, 0.4) is 0 Å². The van der Waals surface area contributed by atoms with Crippen molar-refractivity contribution >= 4 is 23.2 Å². The first-order valence-electron chi connectivity index (χ1n) is 16.6. The average molecular weight is 488 g/mol. The second-order valence-electron chi connectivity index (χ2n) is 7.61. The van der Waals surface area contributed by atoms with Crippen LogP contribution in [0.2, 0.25) is 0 Å². The van der Waals surface area contributed by atoms with Crippen LogP contribution in [0.4, 0.5) is 17.3 Å². The second kappa shape index (κ2) is 9.79. The van der Waals surface area contributed by atoms with E-state index in [4.69, 9.17) is 16.4 Å². The molecule has 0 aliphatic heterocycles. The fraction of sp³-hybridized carbons (Fsp3) is 0.107. The lowest BCUT2D eigenvalue weighted by atomic mass is 10.1. The van der Waals surface area contributed by atoms with Crippen molar-refractivity contribution in [2.45, 2.75) is 20.7 Å². The first-order chi connectivity index (χ1) is 22.4. The molecule has 178 valence electrons. The zero-order valence-electron chi connectivity index (χ0n) is 31.0. The molecule has 0 bridgehead atoms. The second-order valence-corrected chi connectivity index (χ2v) is 7.61. The summed E-state index contributed by atoms with van der Waals surface area (Å²) >= 11 is 0. The monoisotopic (exact) mass is 487 g/mol. The minimum atomic E-state index is -3.04. The van der Waals surface area contributed by atoms with Crippen molar-refractivity contribution in [1.82, 2.24) is 24.5 Å². The first kappa shape index (κ1) is 12.7. The minimum Gasteiger partial charge on any atom is -0.324 e. The van der Waals surface area contributed by atoms with Crippen LogP contribution >= 0.6 is 0 Å². The van der Waals surface area contributed by atoms with E-state index in [0.29, 0.717) is 16.9 Å². The Balaban J connectivity index is 1.59. The number of carbonyl (C=O) groups excluding carboxylic acids is 1. The van der Waals surface area contributed by atoms with E-state index in [9.17, 15) is 4.79 Å². The van der Waals surface area contributed by atoms with Gasteiger partial charge in [-0.05, 0) is 80.3 Å². The molecule has 5 rings (SSSR count). The third kappa shape index (κ3) is 5.12. The first-order valence-corrected chi connectivity index (χ1v) is 10.6. The summed E-state index contributed by atoms with van der Waals surface area (Å²) in [5.41, 5.74) is -0.799. The lowest BCUT2D eigenvalue weighted by Gasteiger charge is -2.13. The number of anilines is 3. The molecule has 2 N–H and O–H groups in total. The van der Waals surface area contributed by atoms with Crippen molar-refractivity contribution in [1.29, 1.82) is 0 Å². The van der Waals surface area contributed by atoms with Gasteiger partial charge in [0.25, 0.3) is 5.91 Å². The maximum absolute atomic E-state index is 13.6. The number of aryl methyl sites for hydroxylation is 2. The Kier molecular flexibility index (Phi) is 3.46. The molecule has 0 fully saturated rings. The Morgan fingerprint density at radius 3 is 2.89 bits per heavy atom. The number of imidazole rings is 1. The zero-order valence-corrected chi connectivity index (χ0v) is 19.0. The van der Waals surface area contributed by atoms with Gasteiger partial charge in [0.15, 0.2) is 0 Å². The summed E-state index contributed by atoms with van der Waals surface area (Å²) in [6, 6.07) is 2.49. The molecule has 2 aromatic carbocycles. The molecular weight excluding hydrogens is 450 g/mol. The number of nitrogens with one attached hydrogen (secondary N) is 2. The standard InChI is InChI=1S/C28H25N7O/c1-18-11-23(14-24(12-18)35-16-20(3)31-17-35)32-27(36)21-7-6-19(2)26(13-21)34-28-30-10-8-25(33-28)22-5-4-9-29-15-22/h4-17H,1-3H3,(H,32,36)(H,30,33,34)/i2D3,4D,5D,6D,7D,9D,13D,15D,16D,17D. The summed E-state index contributed by atoms with van der Waals surface area (Å²) in [7, 11) is 0. The van der Waals surface area contributed by atoms with Gasteiger partial charge in [-0.15, -0.1) is 0 Å². The van der Waals surface area contributed by atoms with Crippen molar-refractivity contribution in [2.24, 2.45) is 0 Å². The molecule has 0 atom stereocenters. The molecule has 3 heterocycles. The Hall–Kier alpha value is -4.85. The highest BCUT2D eigenvalue weighted by Crippen LogP contribution is 2.24. The molecule has 36 heavy (non-hydrogen) atoms. The molecule has 3 aromatic heterocycles. The van der Waals surface area contributed by atoms with E-state index < -0.39 is 72.1 Å². The van der Waals surface area contributed by atoms with Gasteiger partial charge in [-0.3, -0.25) is 9.78 Å². The predicted molar refractivity (Wildman–Crippen MR) is 141 cm³/mol. The van der Waals surface area contributed by atoms with E-state index in [1.807, 2.05) is 0 Å². The van der Waals surface area contributed by atoms with Crippen LogP contribution in [0.15, 0.2) is 85.5 Å². The summed E-state index contributed by atoms with van der Waals surface area (Å²) in [6.07, 6.45) is -0.135. The Labute approximate surface area is 226 Å². The number of pyridine rings is 1. The van der Waals surface area contributed by atoms with E-state index in [2.05, 4.69) is 30.6 Å². The van der Waals surface area contributed by atoms with E-state index >= 15 is 0 Å². The molecule has 5 aromatic rings. The van der Waals surface area contributed by atoms with Crippen LogP contribution in [-0.4, -0.2) is 30.4 Å². The van der Waals surface area contributed by atoms with E-state index in [-0.39, 0.29) is 35.4 Å². The minimum absolute atomic E-state index is 0.0337. The lowest BCUT2D eigenvalue weighted by Crippen LogP contribution is -2.13. The molecule has 8 nitrogen and oxygen atoms in total. The Morgan fingerprint density at radius 2 is 2.06 bits per heavy atom. The van der Waals surface area contributed by atoms with Crippen LogP contribution < -0.4 is 10.6 Å². The maximum Gasteiger partial charge on any atom is 0.255 e. The molecule has 0 spiro atoms. The van der Waals surface area contributed by atoms with Crippen molar-refractivity contribution in [3.63, 3.8) is 0 Å². The van der Waals surface area contributed by atoms with Crippen molar-refractivity contribution in [3.8, 4) is 16.9 Å². The normalized spacial score (nSPS) is 15.8. The smallest absolute Gasteiger partial charge is 0.255 e. The van der Waals surface area contributed by atoms with Gasteiger partial charge in [-0.25, -0.2) is 15.0 Å². The molecular formula is C28H25N7O. The van der Waals surface area contributed by atoms with Gasteiger partial charge in [-0.2, -0.15) is 0 Å². The fourth-order valence-corrected chi connectivity index (χ4v) is 3.25. The molecule has 1 amide bonds. The zero-order chi connectivity index (χ0) is 35.4. The summed E-state index contributed by atoms with van der Waals surface area (Å²) in [4.78, 5) is 29.5. The molecule has 0 saturated heterocycles. The highest BCUT2D eigenvalue weighted by Gasteiger charge is 2.12. The van der Waals surface area contributed by atoms with E-state index in [0.717, 1.165) is 0 Å². The number of hydrogen-bond acceptors (Lipinski definition) is 6. The van der Waals surface area contributed by atoms with Gasteiger partial charge in [0.1, 0.15) is 1.37 Å². The fourth-order valence-electron chi connectivity index (χ4n) is 3.25. The number of benzene rings is 2. The average Bonchev–Trinajstić information content (AvgIpc) is 3.24.